The van der Waals surface area contributed by atoms with Gasteiger partial charge in [-0.15, -0.1) is 5.92 Å². The van der Waals surface area contributed by atoms with E-state index in [0.717, 1.165) is 0 Å². The van der Waals surface area contributed by atoms with Gasteiger partial charge in [-0.3, -0.25) is 4.79 Å². The molecule has 1 fully saturated rings. The van der Waals surface area contributed by atoms with Crippen LogP contribution in [0, 0.1) is 29.1 Å². The quantitative estimate of drug-likeness (QED) is 0.576. The second-order valence-corrected chi connectivity index (χ2v) is 3.51. The standard InChI is InChI=1S/C9H12O2/c1-4-5-6-7(8(10)11)9(6,2)3/h6-7H,1-3H3,(H,10,11)/t6-,7+/m1/s1. The maximum Gasteiger partial charge on any atom is 0.308 e. The van der Waals surface area contributed by atoms with Gasteiger partial charge in [0.2, 0.25) is 0 Å². The molecule has 1 rings (SSSR count). The van der Waals surface area contributed by atoms with Crippen LogP contribution in [0.3, 0.4) is 0 Å². The van der Waals surface area contributed by atoms with Gasteiger partial charge in [-0.2, -0.15) is 0 Å². The molecule has 0 unspecified atom stereocenters. The van der Waals surface area contributed by atoms with E-state index in [-0.39, 0.29) is 17.3 Å². The second-order valence-electron chi connectivity index (χ2n) is 3.51. The SMILES string of the molecule is CC#C[C@@H]1[C@@H](C(=O)O)C1(C)C. The van der Waals surface area contributed by atoms with Crippen LogP contribution < -0.4 is 0 Å². The number of carboxylic acids is 1. The topological polar surface area (TPSA) is 37.3 Å². The van der Waals surface area contributed by atoms with Crippen LogP contribution in [0.4, 0.5) is 0 Å². The Morgan fingerprint density at radius 2 is 2.09 bits per heavy atom. The summed E-state index contributed by atoms with van der Waals surface area (Å²) in [5.74, 6) is 4.75. The first-order valence-corrected chi connectivity index (χ1v) is 3.67. The van der Waals surface area contributed by atoms with Crippen molar-refractivity contribution in [2.75, 3.05) is 0 Å². The molecule has 0 aromatic rings. The fourth-order valence-electron chi connectivity index (χ4n) is 1.52. The van der Waals surface area contributed by atoms with Gasteiger partial charge in [0.1, 0.15) is 0 Å². The number of carboxylic acid groups (broad SMARTS) is 1. The average Bonchev–Trinajstić information content (AvgIpc) is 2.35. The van der Waals surface area contributed by atoms with E-state index in [1.807, 2.05) is 13.8 Å². The van der Waals surface area contributed by atoms with Crippen molar-refractivity contribution < 1.29 is 9.90 Å². The molecule has 1 aliphatic carbocycles. The molecule has 2 heteroatoms. The van der Waals surface area contributed by atoms with Gasteiger partial charge in [0.25, 0.3) is 0 Å². The van der Waals surface area contributed by atoms with Crippen molar-refractivity contribution in [2.24, 2.45) is 17.3 Å². The molecule has 60 valence electrons. The Kier molecular flexibility index (Phi) is 1.67. The van der Waals surface area contributed by atoms with Crippen molar-refractivity contribution in [3.05, 3.63) is 0 Å². The highest BCUT2D eigenvalue weighted by atomic mass is 16.4. The molecule has 0 spiro atoms. The maximum absolute atomic E-state index is 10.6. The highest BCUT2D eigenvalue weighted by Crippen LogP contribution is 2.57. The van der Waals surface area contributed by atoms with Crippen LogP contribution in [0.1, 0.15) is 20.8 Å². The second kappa shape index (κ2) is 2.27. The minimum atomic E-state index is -0.720. The highest BCUT2D eigenvalue weighted by molar-refractivity contribution is 5.76. The molecule has 0 aromatic heterocycles. The van der Waals surface area contributed by atoms with E-state index in [4.69, 9.17) is 5.11 Å². The normalized spacial score (nSPS) is 31.9. The number of carbonyl (C=O) groups is 1. The monoisotopic (exact) mass is 152 g/mol. The molecule has 0 aliphatic heterocycles. The molecule has 0 amide bonds. The third-order valence-corrected chi connectivity index (χ3v) is 2.39. The lowest BCUT2D eigenvalue weighted by molar-refractivity contribution is -0.139. The Balaban J connectivity index is 2.73. The molecule has 1 aliphatic rings. The summed E-state index contributed by atoms with van der Waals surface area (Å²) in [4.78, 5) is 10.6. The van der Waals surface area contributed by atoms with Crippen LogP contribution in [0.2, 0.25) is 0 Å². The Hall–Kier alpha value is -0.970. The lowest BCUT2D eigenvalue weighted by Crippen LogP contribution is -2.02. The zero-order valence-corrected chi connectivity index (χ0v) is 7.01. The third-order valence-electron chi connectivity index (χ3n) is 2.39. The van der Waals surface area contributed by atoms with Gasteiger partial charge in [0.05, 0.1) is 5.92 Å². The van der Waals surface area contributed by atoms with Gasteiger partial charge in [-0.05, 0) is 12.3 Å². The summed E-state index contributed by atoms with van der Waals surface area (Å²) in [6, 6.07) is 0. The largest absolute Gasteiger partial charge is 0.481 e. The fraction of sp³-hybridized carbons (Fsp3) is 0.667. The van der Waals surface area contributed by atoms with Crippen molar-refractivity contribution in [1.29, 1.82) is 0 Å². The van der Waals surface area contributed by atoms with E-state index < -0.39 is 5.97 Å². The van der Waals surface area contributed by atoms with E-state index in [0.29, 0.717) is 0 Å². The van der Waals surface area contributed by atoms with E-state index in [2.05, 4.69) is 11.8 Å². The van der Waals surface area contributed by atoms with Gasteiger partial charge in [-0.1, -0.05) is 19.8 Å². The first-order valence-electron chi connectivity index (χ1n) is 3.67. The van der Waals surface area contributed by atoms with Gasteiger partial charge in [0.15, 0.2) is 0 Å². The van der Waals surface area contributed by atoms with Crippen LogP contribution in [0.5, 0.6) is 0 Å². The summed E-state index contributed by atoms with van der Waals surface area (Å²) in [6.45, 7) is 5.63. The lowest BCUT2D eigenvalue weighted by atomic mass is 10.1. The average molecular weight is 152 g/mol. The molecule has 1 saturated carbocycles. The molecule has 0 bridgehead atoms. The predicted octanol–water partition coefficient (Wildman–Crippen LogP) is 1.37. The first-order chi connectivity index (χ1) is 5.01. The predicted molar refractivity (Wildman–Crippen MR) is 41.8 cm³/mol. The molecule has 2 nitrogen and oxygen atoms in total. The fourth-order valence-corrected chi connectivity index (χ4v) is 1.52. The Bertz CT molecular complexity index is 242. The molecule has 0 heterocycles. The van der Waals surface area contributed by atoms with Crippen LogP contribution in [0.25, 0.3) is 0 Å². The van der Waals surface area contributed by atoms with Crippen molar-refractivity contribution in [3.63, 3.8) is 0 Å². The van der Waals surface area contributed by atoms with E-state index in [1.54, 1.807) is 6.92 Å². The molecule has 0 radical (unpaired) electrons. The molecule has 2 atom stereocenters. The number of hydrogen-bond acceptors (Lipinski definition) is 1. The van der Waals surface area contributed by atoms with Crippen molar-refractivity contribution in [1.82, 2.24) is 0 Å². The van der Waals surface area contributed by atoms with Crippen LogP contribution >= 0.6 is 0 Å². The van der Waals surface area contributed by atoms with Crippen LogP contribution in [-0.4, -0.2) is 11.1 Å². The van der Waals surface area contributed by atoms with Crippen molar-refractivity contribution >= 4 is 5.97 Å². The lowest BCUT2D eigenvalue weighted by Gasteiger charge is -1.94. The first kappa shape index (κ1) is 8.13. The van der Waals surface area contributed by atoms with Crippen LogP contribution in [-0.2, 0) is 4.79 Å². The molecule has 0 aromatic carbocycles. The molecular weight excluding hydrogens is 140 g/mol. The summed E-state index contributed by atoms with van der Waals surface area (Å²) >= 11 is 0. The molecule has 1 N–H and O–H groups in total. The van der Waals surface area contributed by atoms with E-state index in [1.165, 1.54) is 0 Å². The summed E-state index contributed by atoms with van der Waals surface area (Å²) in [5, 5.41) is 8.72. The zero-order valence-electron chi connectivity index (χ0n) is 7.01. The smallest absolute Gasteiger partial charge is 0.308 e. The van der Waals surface area contributed by atoms with Gasteiger partial charge < -0.3 is 5.11 Å². The Morgan fingerprint density at radius 3 is 2.36 bits per heavy atom. The summed E-state index contributed by atoms with van der Waals surface area (Å²) in [6.07, 6.45) is 0. The van der Waals surface area contributed by atoms with Gasteiger partial charge in [-0.25, -0.2) is 0 Å². The van der Waals surface area contributed by atoms with E-state index >= 15 is 0 Å². The number of rotatable bonds is 1. The van der Waals surface area contributed by atoms with Gasteiger partial charge >= 0.3 is 5.97 Å². The van der Waals surface area contributed by atoms with Gasteiger partial charge in [0, 0.05) is 5.92 Å². The van der Waals surface area contributed by atoms with Crippen molar-refractivity contribution in [2.45, 2.75) is 20.8 Å². The third kappa shape index (κ3) is 1.11. The molecule has 0 saturated heterocycles. The Labute approximate surface area is 66.6 Å². The van der Waals surface area contributed by atoms with E-state index in [9.17, 15) is 4.79 Å². The minimum Gasteiger partial charge on any atom is -0.481 e. The highest BCUT2D eigenvalue weighted by Gasteiger charge is 2.61. The Morgan fingerprint density at radius 1 is 1.55 bits per heavy atom. The number of aliphatic carboxylic acids is 1. The maximum atomic E-state index is 10.6. The van der Waals surface area contributed by atoms with Crippen LogP contribution in [0.15, 0.2) is 0 Å². The summed E-state index contributed by atoms with van der Waals surface area (Å²) < 4.78 is 0. The zero-order chi connectivity index (χ0) is 8.65. The van der Waals surface area contributed by atoms with Crippen molar-refractivity contribution in [3.8, 4) is 11.8 Å². The molecule has 11 heavy (non-hydrogen) atoms. The minimum absolute atomic E-state index is 0.0602. The number of hydrogen-bond donors (Lipinski definition) is 1. The summed E-state index contributed by atoms with van der Waals surface area (Å²) in [5.41, 5.74) is -0.116. The molecular formula is C9H12O2. The summed E-state index contributed by atoms with van der Waals surface area (Å²) in [7, 11) is 0.